The van der Waals surface area contributed by atoms with Gasteiger partial charge >= 0.3 is 5.97 Å². The number of amides is 2. The predicted octanol–water partition coefficient (Wildman–Crippen LogP) is 4.03. The number of rotatable bonds is 6. The van der Waals surface area contributed by atoms with Crippen LogP contribution in [0.25, 0.3) is 11.6 Å². The summed E-state index contributed by atoms with van der Waals surface area (Å²) in [4.78, 5) is 39.0. The third-order valence-corrected chi connectivity index (χ3v) is 4.95. The Balaban J connectivity index is 1.60. The lowest BCUT2D eigenvalue weighted by Gasteiger charge is -2.15. The number of benzene rings is 3. The van der Waals surface area contributed by atoms with E-state index in [0.717, 1.165) is 4.90 Å². The second kappa shape index (κ2) is 8.67. The second-order valence-electron chi connectivity index (χ2n) is 6.81. The molecule has 3 aromatic carbocycles. The van der Waals surface area contributed by atoms with E-state index in [2.05, 4.69) is 0 Å². The summed E-state index contributed by atoms with van der Waals surface area (Å²) in [7, 11) is 1.55. The highest BCUT2D eigenvalue weighted by Crippen LogP contribution is 2.26. The first-order valence-corrected chi connectivity index (χ1v) is 9.62. The van der Waals surface area contributed by atoms with Crippen LogP contribution in [0.3, 0.4) is 0 Å². The average molecular weight is 413 g/mol. The van der Waals surface area contributed by atoms with Gasteiger partial charge in [0.1, 0.15) is 5.75 Å². The van der Waals surface area contributed by atoms with Crippen molar-refractivity contribution in [1.82, 2.24) is 4.90 Å². The number of hydrogen-bond donors (Lipinski definition) is 0. The Kier molecular flexibility index (Phi) is 5.62. The number of methoxy groups -OCH3 is 1. The van der Waals surface area contributed by atoms with E-state index in [4.69, 9.17) is 9.47 Å². The Morgan fingerprint density at radius 3 is 2.06 bits per heavy atom. The lowest BCUT2D eigenvalue weighted by atomic mass is 10.0. The summed E-state index contributed by atoms with van der Waals surface area (Å²) in [5, 5.41) is 0. The first-order chi connectivity index (χ1) is 15.1. The molecule has 31 heavy (non-hydrogen) atoms. The summed E-state index contributed by atoms with van der Waals surface area (Å²) >= 11 is 0. The van der Waals surface area contributed by atoms with Gasteiger partial charge in [-0.1, -0.05) is 60.7 Å². The molecule has 0 atom stereocenters. The lowest BCUT2D eigenvalue weighted by molar-refractivity contribution is -0.139. The molecule has 0 unspecified atom stereocenters. The van der Waals surface area contributed by atoms with Crippen LogP contribution in [0.2, 0.25) is 0 Å². The number of imide groups is 1. The van der Waals surface area contributed by atoms with Crippen molar-refractivity contribution < 1.29 is 23.9 Å². The van der Waals surface area contributed by atoms with Crippen LogP contribution in [-0.2, 0) is 9.53 Å². The monoisotopic (exact) mass is 413 g/mol. The molecule has 2 amide bonds. The van der Waals surface area contributed by atoms with Crippen molar-refractivity contribution in [2.75, 3.05) is 13.8 Å². The van der Waals surface area contributed by atoms with Crippen molar-refractivity contribution in [3.8, 4) is 5.75 Å². The Hall–Kier alpha value is -4.19. The molecule has 0 bridgehead atoms. The highest BCUT2D eigenvalue weighted by atomic mass is 16.5. The third kappa shape index (κ3) is 3.96. The van der Waals surface area contributed by atoms with Gasteiger partial charge in [0.2, 0.25) is 0 Å². The van der Waals surface area contributed by atoms with Crippen molar-refractivity contribution in [3.63, 3.8) is 0 Å². The molecule has 0 N–H and O–H groups in total. The molecule has 1 aliphatic rings. The molecule has 0 aliphatic carbocycles. The zero-order chi connectivity index (χ0) is 21.8. The topological polar surface area (TPSA) is 72.9 Å². The third-order valence-electron chi connectivity index (χ3n) is 4.95. The van der Waals surface area contributed by atoms with Crippen LogP contribution in [0.4, 0.5) is 0 Å². The Morgan fingerprint density at radius 2 is 1.42 bits per heavy atom. The van der Waals surface area contributed by atoms with E-state index in [0.29, 0.717) is 28.0 Å². The van der Waals surface area contributed by atoms with E-state index in [-0.39, 0.29) is 5.57 Å². The summed E-state index contributed by atoms with van der Waals surface area (Å²) in [6.45, 7) is -0.471. The van der Waals surface area contributed by atoms with Gasteiger partial charge in [-0.3, -0.25) is 9.59 Å². The Labute approximate surface area is 179 Å². The van der Waals surface area contributed by atoms with Crippen LogP contribution in [0, 0.1) is 0 Å². The van der Waals surface area contributed by atoms with Crippen LogP contribution < -0.4 is 4.74 Å². The van der Waals surface area contributed by atoms with E-state index in [1.54, 1.807) is 55.7 Å². The van der Waals surface area contributed by atoms with Crippen molar-refractivity contribution in [1.29, 1.82) is 0 Å². The molecule has 0 radical (unpaired) electrons. The number of esters is 1. The van der Waals surface area contributed by atoms with Gasteiger partial charge < -0.3 is 9.47 Å². The van der Waals surface area contributed by atoms with Crippen molar-refractivity contribution in [2.45, 2.75) is 0 Å². The molecular formula is C25H19NO5. The smallest absolute Gasteiger partial charge is 0.340 e. The zero-order valence-corrected chi connectivity index (χ0v) is 16.8. The maximum Gasteiger partial charge on any atom is 0.340 e. The second-order valence-corrected chi connectivity index (χ2v) is 6.81. The number of carbonyl (C=O) groups is 3. The fourth-order valence-corrected chi connectivity index (χ4v) is 3.38. The molecule has 6 heteroatoms. The fourth-order valence-electron chi connectivity index (χ4n) is 3.38. The standard InChI is InChI=1S/C25H19NO5/c1-30-22-14-8-5-11-18(22)15-21(17-9-3-2-4-10-17)25(29)31-16-26-23(27)19-12-6-7-13-20(19)24(26)28/h2-15H,16H2,1H3. The molecule has 4 rings (SSSR count). The van der Waals surface area contributed by atoms with Gasteiger partial charge in [-0.05, 0) is 29.8 Å². The number of fused-ring (bicyclic) bond motifs is 1. The molecule has 0 saturated carbocycles. The molecular weight excluding hydrogens is 394 g/mol. The van der Waals surface area contributed by atoms with Gasteiger partial charge in [-0.15, -0.1) is 0 Å². The van der Waals surface area contributed by atoms with Crippen LogP contribution in [0.5, 0.6) is 5.75 Å². The molecule has 6 nitrogen and oxygen atoms in total. The maximum absolute atomic E-state index is 13.0. The van der Waals surface area contributed by atoms with Crippen LogP contribution in [-0.4, -0.2) is 36.5 Å². The van der Waals surface area contributed by atoms with E-state index in [1.807, 2.05) is 36.4 Å². The molecule has 0 aromatic heterocycles. The summed E-state index contributed by atoms with van der Waals surface area (Å²) in [5.74, 6) is -1.02. The van der Waals surface area contributed by atoms with Crippen LogP contribution in [0.15, 0.2) is 78.9 Å². The number of hydrogen-bond acceptors (Lipinski definition) is 5. The molecule has 0 spiro atoms. The van der Waals surface area contributed by atoms with Gasteiger partial charge in [0, 0.05) is 5.56 Å². The van der Waals surface area contributed by atoms with E-state index >= 15 is 0 Å². The number of para-hydroxylation sites is 1. The molecule has 3 aromatic rings. The van der Waals surface area contributed by atoms with Gasteiger partial charge in [-0.2, -0.15) is 0 Å². The van der Waals surface area contributed by atoms with Crippen molar-refractivity contribution in [3.05, 3.63) is 101 Å². The highest BCUT2D eigenvalue weighted by molar-refractivity contribution is 6.23. The first-order valence-electron chi connectivity index (χ1n) is 9.62. The normalized spacial score (nSPS) is 13.2. The lowest BCUT2D eigenvalue weighted by Crippen LogP contribution is -2.33. The average Bonchev–Trinajstić information content (AvgIpc) is 3.06. The van der Waals surface area contributed by atoms with E-state index in [9.17, 15) is 14.4 Å². The van der Waals surface area contributed by atoms with Gasteiger partial charge in [0.15, 0.2) is 6.73 Å². The number of ether oxygens (including phenoxy) is 2. The fraction of sp³-hybridized carbons (Fsp3) is 0.0800. The molecule has 1 aliphatic heterocycles. The highest BCUT2D eigenvalue weighted by Gasteiger charge is 2.36. The molecule has 154 valence electrons. The minimum Gasteiger partial charge on any atom is -0.496 e. The van der Waals surface area contributed by atoms with Gasteiger partial charge in [0.25, 0.3) is 11.8 Å². The quantitative estimate of drug-likeness (QED) is 0.264. The van der Waals surface area contributed by atoms with Gasteiger partial charge in [0.05, 0.1) is 23.8 Å². The van der Waals surface area contributed by atoms with Gasteiger partial charge in [-0.25, -0.2) is 9.69 Å². The maximum atomic E-state index is 13.0. The van der Waals surface area contributed by atoms with Crippen LogP contribution >= 0.6 is 0 Å². The van der Waals surface area contributed by atoms with Crippen LogP contribution in [0.1, 0.15) is 31.8 Å². The molecule has 1 heterocycles. The largest absolute Gasteiger partial charge is 0.496 e. The van der Waals surface area contributed by atoms with Crippen molar-refractivity contribution >= 4 is 29.4 Å². The number of carbonyl (C=O) groups excluding carboxylic acids is 3. The van der Waals surface area contributed by atoms with E-state index < -0.39 is 24.5 Å². The minimum atomic E-state index is -0.659. The minimum absolute atomic E-state index is 0.279. The summed E-state index contributed by atoms with van der Waals surface area (Å²) in [6, 6.07) is 22.8. The summed E-state index contributed by atoms with van der Waals surface area (Å²) in [5.41, 5.74) is 2.22. The van der Waals surface area contributed by atoms with E-state index in [1.165, 1.54) is 0 Å². The molecule has 0 saturated heterocycles. The SMILES string of the molecule is COc1ccccc1C=C(C(=O)OCN1C(=O)c2ccccc2C1=O)c1ccccc1. The molecule has 0 fully saturated rings. The summed E-state index contributed by atoms with van der Waals surface area (Å²) < 4.78 is 10.8. The Morgan fingerprint density at radius 1 is 0.839 bits per heavy atom. The predicted molar refractivity (Wildman–Crippen MR) is 115 cm³/mol. The number of nitrogens with zero attached hydrogens (tertiary/aromatic N) is 1. The zero-order valence-electron chi connectivity index (χ0n) is 16.8. The Bertz CT molecular complexity index is 1150. The first kappa shape index (κ1) is 20.1. The summed E-state index contributed by atoms with van der Waals surface area (Å²) in [6.07, 6.45) is 1.67. The van der Waals surface area contributed by atoms with Crippen molar-refractivity contribution in [2.24, 2.45) is 0 Å².